The molecule has 0 bridgehead atoms. The number of hydrogen-bond acceptors (Lipinski definition) is 3. The molecule has 1 unspecified atom stereocenters. The van der Waals surface area contributed by atoms with E-state index in [2.05, 4.69) is 13.2 Å². The third-order valence-corrected chi connectivity index (χ3v) is 2.97. The molecule has 0 aliphatic heterocycles. The fourth-order valence-corrected chi connectivity index (χ4v) is 2.16. The van der Waals surface area contributed by atoms with Crippen molar-refractivity contribution in [3.8, 4) is 0 Å². The Morgan fingerprint density at radius 2 is 2.07 bits per heavy atom. The molecule has 0 saturated carbocycles. The number of thioether (sulfide) groups is 1. The minimum atomic E-state index is -0.763. The lowest BCUT2D eigenvalue weighted by atomic mass is 10.0. The first-order chi connectivity index (χ1) is 6.34. The maximum Gasteiger partial charge on any atom is 0.242 e. The molecule has 0 saturated heterocycles. The summed E-state index contributed by atoms with van der Waals surface area (Å²) in [6.45, 7) is 5.59. The summed E-state index contributed by atoms with van der Waals surface area (Å²) in [4.78, 5) is 13.6. The Morgan fingerprint density at radius 1 is 1.57 bits per heavy atom. The number of carbonyl (C=O) groups excluding carboxylic acids is 1. The summed E-state index contributed by atoms with van der Waals surface area (Å²) < 4.78 is 0. The zero-order valence-electron chi connectivity index (χ0n) is 9.83. The lowest BCUT2D eigenvalue weighted by molar-refractivity contribution is -0.136. The second kappa shape index (κ2) is 5.61. The van der Waals surface area contributed by atoms with Crippen molar-refractivity contribution in [2.24, 2.45) is 5.73 Å². The van der Waals surface area contributed by atoms with Crippen LogP contribution in [0.25, 0.3) is 0 Å². The van der Waals surface area contributed by atoms with Crippen molar-refractivity contribution in [2.75, 3.05) is 19.1 Å². The van der Waals surface area contributed by atoms with E-state index in [0.29, 0.717) is 6.04 Å². The number of nitrogens with zero attached hydrogens (tertiary/aromatic N) is 1. The fraction of sp³-hybridized carbons (Fsp3) is 0.900. The van der Waals surface area contributed by atoms with E-state index in [4.69, 9.17) is 5.73 Å². The summed E-state index contributed by atoms with van der Waals surface area (Å²) in [7, 11) is 1.83. The van der Waals surface area contributed by atoms with Gasteiger partial charge in [-0.2, -0.15) is 11.8 Å². The highest BCUT2D eigenvalue weighted by Crippen LogP contribution is 2.12. The minimum absolute atomic E-state index is 0.0124. The van der Waals surface area contributed by atoms with E-state index in [-0.39, 0.29) is 5.91 Å². The Bertz CT molecular complexity index is 189. The van der Waals surface area contributed by atoms with Gasteiger partial charge < -0.3 is 10.6 Å². The third kappa shape index (κ3) is 3.88. The summed E-state index contributed by atoms with van der Waals surface area (Å²) in [5, 5.41) is 0. The average Bonchev–Trinajstić information content (AvgIpc) is 2.10. The molecule has 3 nitrogen and oxygen atoms in total. The van der Waals surface area contributed by atoms with Crippen molar-refractivity contribution in [2.45, 2.75) is 38.8 Å². The molecule has 0 aromatic heterocycles. The summed E-state index contributed by atoms with van der Waals surface area (Å²) in [6, 6.07) is 0.292. The van der Waals surface area contributed by atoms with Gasteiger partial charge in [-0.1, -0.05) is 6.92 Å². The lowest BCUT2D eigenvalue weighted by Crippen LogP contribution is -2.53. The molecule has 0 fully saturated rings. The van der Waals surface area contributed by atoms with Gasteiger partial charge in [0.2, 0.25) is 5.91 Å². The predicted octanol–water partition coefficient (Wildman–Crippen LogP) is 1.32. The van der Waals surface area contributed by atoms with Crippen LogP contribution in [0.2, 0.25) is 0 Å². The maximum absolute atomic E-state index is 11.8. The van der Waals surface area contributed by atoms with Crippen molar-refractivity contribution >= 4 is 17.7 Å². The van der Waals surface area contributed by atoms with Crippen LogP contribution in [0.4, 0.5) is 0 Å². The maximum atomic E-state index is 11.8. The minimum Gasteiger partial charge on any atom is -0.340 e. The summed E-state index contributed by atoms with van der Waals surface area (Å²) >= 11 is 1.76. The topological polar surface area (TPSA) is 46.3 Å². The monoisotopic (exact) mass is 218 g/mol. The van der Waals surface area contributed by atoms with Crippen molar-refractivity contribution in [1.29, 1.82) is 0 Å². The first-order valence-electron chi connectivity index (χ1n) is 4.89. The highest BCUT2D eigenvalue weighted by atomic mass is 32.2. The number of rotatable bonds is 5. The number of nitrogens with two attached hydrogens (primary N) is 1. The summed E-state index contributed by atoms with van der Waals surface area (Å²) in [5.74, 6) is 0.979. The smallest absolute Gasteiger partial charge is 0.242 e. The van der Waals surface area contributed by atoms with Crippen LogP contribution >= 0.6 is 11.8 Å². The largest absolute Gasteiger partial charge is 0.340 e. The van der Waals surface area contributed by atoms with Crippen LogP contribution in [0.3, 0.4) is 0 Å². The van der Waals surface area contributed by atoms with Gasteiger partial charge in [-0.15, -0.1) is 0 Å². The Morgan fingerprint density at radius 3 is 2.36 bits per heavy atom. The molecule has 0 aliphatic rings. The van der Waals surface area contributed by atoms with Crippen LogP contribution in [0.1, 0.15) is 27.2 Å². The zero-order chi connectivity index (χ0) is 11.4. The zero-order valence-corrected chi connectivity index (χ0v) is 10.6. The Kier molecular flexibility index (Phi) is 5.52. The second-order valence-electron chi connectivity index (χ2n) is 4.16. The van der Waals surface area contributed by atoms with Crippen LogP contribution in [0.5, 0.6) is 0 Å². The van der Waals surface area contributed by atoms with Crippen molar-refractivity contribution in [1.82, 2.24) is 4.90 Å². The Labute approximate surface area is 91.4 Å². The molecule has 2 N–H and O–H groups in total. The van der Waals surface area contributed by atoms with Crippen LogP contribution < -0.4 is 5.73 Å². The molecule has 0 heterocycles. The van der Waals surface area contributed by atoms with E-state index >= 15 is 0 Å². The SMILES string of the molecule is CCC(CSC)N(C)C(=O)C(C)(C)N. The van der Waals surface area contributed by atoms with Gasteiger partial charge in [0.05, 0.1) is 5.54 Å². The first kappa shape index (κ1) is 13.8. The van der Waals surface area contributed by atoms with Gasteiger partial charge in [-0.3, -0.25) is 4.79 Å². The second-order valence-corrected chi connectivity index (χ2v) is 5.07. The van der Waals surface area contributed by atoms with Gasteiger partial charge >= 0.3 is 0 Å². The molecule has 14 heavy (non-hydrogen) atoms. The van der Waals surface area contributed by atoms with Gasteiger partial charge in [-0.05, 0) is 26.5 Å². The Hall–Kier alpha value is -0.220. The Balaban J connectivity index is 4.42. The molecule has 1 atom stereocenters. The molecule has 0 spiro atoms. The molecule has 0 aliphatic carbocycles. The highest BCUT2D eigenvalue weighted by Gasteiger charge is 2.28. The van der Waals surface area contributed by atoms with E-state index in [1.54, 1.807) is 30.5 Å². The fourth-order valence-electron chi connectivity index (χ4n) is 1.32. The molecule has 0 aromatic rings. The van der Waals surface area contributed by atoms with Crippen molar-refractivity contribution < 1.29 is 4.79 Å². The van der Waals surface area contributed by atoms with Crippen LogP contribution in [0.15, 0.2) is 0 Å². The van der Waals surface area contributed by atoms with Crippen molar-refractivity contribution in [3.05, 3.63) is 0 Å². The van der Waals surface area contributed by atoms with Crippen molar-refractivity contribution in [3.63, 3.8) is 0 Å². The quantitative estimate of drug-likeness (QED) is 0.757. The van der Waals surface area contributed by atoms with Crippen LogP contribution in [-0.2, 0) is 4.79 Å². The molecule has 84 valence electrons. The molecule has 4 heteroatoms. The number of carbonyl (C=O) groups is 1. The standard InChI is InChI=1S/C10H22N2OS/c1-6-8(7-14-5)12(4)9(13)10(2,3)11/h8H,6-7,11H2,1-5H3. The molecule has 1 amide bonds. The summed E-state index contributed by atoms with van der Waals surface area (Å²) in [5.41, 5.74) is 5.01. The highest BCUT2D eigenvalue weighted by molar-refractivity contribution is 7.98. The summed E-state index contributed by atoms with van der Waals surface area (Å²) in [6.07, 6.45) is 3.02. The van der Waals surface area contributed by atoms with Crippen LogP contribution in [-0.4, -0.2) is 41.4 Å². The van der Waals surface area contributed by atoms with Gasteiger partial charge in [-0.25, -0.2) is 0 Å². The molecular weight excluding hydrogens is 196 g/mol. The molecule has 0 aromatic carbocycles. The number of amides is 1. The van der Waals surface area contributed by atoms with Crippen LogP contribution in [0, 0.1) is 0 Å². The lowest BCUT2D eigenvalue weighted by Gasteiger charge is -2.32. The van der Waals surface area contributed by atoms with E-state index in [1.165, 1.54) is 0 Å². The van der Waals surface area contributed by atoms with E-state index in [0.717, 1.165) is 12.2 Å². The molecule has 0 radical (unpaired) electrons. The van der Waals surface area contributed by atoms with E-state index in [9.17, 15) is 4.79 Å². The molecular formula is C10H22N2OS. The third-order valence-electron chi connectivity index (χ3n) is 2.25. The predicted molar refractivity (Wildman–Crippen MR) is 63.5 cm³/mol. The normalized spacial score (nSPS) is 13.9. The van der Waals surface area contributed by atoms with Gasteiger partial charge in [0, 0.05) is 18.8 Å². The number of likely N-dealkylation sites (N-methyl/N-ethyl adjacent to an activating group) is 1. The average molecular weight is 218 g/mol. The number of hydrogen-bond donors (Lipinski definition) is 1. The van der Waals surface area contributed by atoms with Gasteiger partial charge in [0.1, 0.15) is 0 Å². The van der Waals surface area contributed by atoms with E-state index in [1.807, 2.05) is 7.05 Å². The van der Waals surface area contributed by atoms with E-state index < -0.39 is 5.54 Å². The van der Waals surface area contributed by atoms with Gasteiger partial charge in [0.15, 0.2) is 0 Å². The van der Waals surface area contributed by atoms with Gasteiger partial charge in [0.25, 0.3) is 0 Å². The molecule has 0 rings (SSSR count). The first-order valence-corrected chi connectivity index (χ1v) is 6.29.